The first kappa shape index (κ1) is 12.4. The van der Waals surface area contributed by atoms with Crippen molar-refractivity contribution in [2.24, 2.45) is 0 Å². The summed E-state index contributed by atoms with van der Waals surface area (Å²) in [6.45, 7) is 2.06. The lowest BCUT2D eigenvalue weighted by Crippen LogP contribution is -2.35. The highest BCUT2D eigenvalue weighted by atomic mass is 16.5. The fourth-order valence-corrected chi connectivity index (χ4v) is 1.16. The van der Waals surface area contributed by atoms with E-state index in [1.165, 1.54) is 12.8 Å². The highest BCUT2D eigenvalue weighted by molar-refractivity contribution is 5.77. The number of hydrogen-bond donors (Lipinski definition) is 3. The summed E-state index contributed by atoms with van der Waals surface area (Å²) in [5.41, 5.74) is 0. The minimum Gasteiger partial charge on any atom is -0.394 e. The Morgan fingerprint density at radius 2 is 2.20 bits per heavy atom. The van der Waals surface area contributed by atoms with Crippen LogP contribution in [0, 0.1) is 0 Å². The lowest BCUT2D eigenvalue weighted by Gasteiger charge is -2.06. The summed E-state index contributed by atoms with van der Waals surface area (Å²) < 4.78 is 5.06. The molecule has 1 fully saturated rings. The van der Waals surface area contributed by atoms with Crippen LogP contribution >= 0.6 is 0 Å². The molecule has 0 aliphatic heterocycles. The van der Waals surface area contributed by atoms with E-state index in [2.05, 4.69) is 10.6 Å². The second-order valence-corrected chi connectivity index (χ2v) is 3.69. The van der Waals surface area contributed by atoms with Crippen molar-refractivity contribution in [3.05, 3.63) is 0 Å². The highest BCUT2D eigenvalue weighted by Crippen LogP contribution is 2.17. The van der Waals surface area contributed by atoms with Crippen LogP contribution in [0.3, 0.4) is 0 Å². The van der Waals surface area contributed by atoms with Gasteiger partial charge in [-0.15, -0.1) is 0 Å². The summed E-state index contributed by atoms with van der Waals surface area (Å²) in [5, 5.41) is 14.4. The Bertz CT molecular complexity index is 184. The van der Waals surface area contributed by atoms with Crippen molar-refractivity contribution in [2.75, 3.05) is 32.9 Å². The van der Waals surface area contributed by atoms with E-state index in [9.17, 15) is 4.79 Å². The van der Waals surface area contributed by atoms with Crippen LogP contribution in [-0.4, -0.2) is 50.0 Å². The zero-order valence-electron chi connectivity index (χ0n) is 9.00. The second-order valence-electron chi connectivity index (χ2n) is 3.69. The van der Waals surface area contributed by atoms with E-state index in [0.717, 1.165) is 6.42 Å². The molecule has 0 bridgehead atoms. The molecule has 0 radical (unpaired) electrons. The largest absolute Gasteiger partial charge is 0.394 e. The van der Waals surface area contributed by atoms with E-state index < -0.39 is 0 Å². The Labute approximate surface area is 90.2 Å². The van der Waals surface area contributed by atoms with E-state index in [-0.39, 0.29) is 12.5 Å². The van der Waals surface area contributed by atoms with Crippen LogP contribution in [0.2, 0.25) is 0 Å². The van der Waals surface area contributed by atoms with Crippen molar-refractivity contribution in [1.82, 2.24) is 10.6 Å². The molecule has 0 aromatic carbocycles. The number of aliphatic hydroxyl groups is 1. The van der Waals surface area contributed by atoms with Crippen LogP contribution in [-0.2, 0) is 9.53 Å². The molecule has 0 aromatic rings. The van der Waals surface area contributed by atoms with Crippen LogP contribution in [0.5, 0.6) is 0 Å². The van der Waals surface area contributed by atoms with Crippen LogP contribution < -0.4 is 10.6 Å². The first-order valence-electron chi connectivity index (χ1n) is 5.51. The fourth-order valence-electron chi connectivity index (χ4n) is 1.16. The molecule has 1 saturated carbocycles. The second kappa shape index (κ2) is 7.62. The Balaban J connectivity index is 1.79. The van der Waals surface area contributed by atoms with Crippen molar-refractivity contribution in [3.63, 3.8) is 0 Å². The van der Waals surface area contributed by atoms with Crippen LogP contribution in [0.25, 0.3) is 0 Å². The van der Waals surface area contributed by atoms with Gasteiger partial charge in [-0.25, -0.2) is 0 Å². The number of hydrogen-bond acceptors (Lipinski definition) is 4. The smallest absolute Gasteiger partial charge is 0.233 e. The fraction of sp³-hybridized carbons (Fsp3) is 0.900. The lowest BCUT2D eigenvalue weighted by molar-refractivity contribution is -0.120. The molecule has 1 rings (SSSR count). The average Bonchev–Trinajstić information content (AvgIpc) is 3.04. The first-order valence-corrected chi connectivity index (χ1v) is 5.51. The molecule has 88 valence electrons. The number of aliphatic hydroxyl groups excluding tert-OH is 1. The normalized spacial score (nSPS) is 15.3. The molecule has 0 heterocycles. The zero-order valence-corrected chi connectivity index (χ0v) is 9.00. The van der Waals surface area contributed by atoms with Crippen molar-refractivity contribution in [2.45, 2.75) is 25.3 Å². The summed E-state index contributed by atoms with van der Waals surface area (Å²) in [6.07, 6.45) is 3.18. The van der Waals surface area contributed by atoms with E-state index >= 15 is 0 Å². The summed E-state index contributed by atoms with van der Waals surface area (Å²) in [5.74, 6) is 0.0454. The topological polar surface area (TPSA) is 70.6 Å². The van der Waals surface area contributed by atoms with Gasteiger partial charge in [-0.2, -0.15) is 0 Å². The standard InChI is InChI=1S/C10H20N2O3/c13-5-7-15-6-1-4-11-10(14)8-12-9-2-3-9/h9,12-13H,1-8H2,(H,11,14). The predicted octanol–water partition coefficient (Wildman–Crippen LogP) is -0.746. The van der Waals surface area contributed by atoms with Gasteiger partial charge in [0, 0.05) is 19.2 Å². The first-order chi connectivity index (χ1) is 7.33. The molecule has 5 nitrogen and oxygen atoms in total. The van der Waals surface area contributed by atoms with E-state index in [4.69, 9.17) is 9.84 Å². The number of carbonyl (C=O) groups excluding carboxylic acids is 1. The third kappa shape index (κ3) is 7.30. The van der Waals surface area contributed by atoms with Crippen LogP contribution in [0.15, 0.2) is 0 Å². The molecule has 3 N–H and O–H groups in total. The van der Waals surface area contributed by atoms with Crippen molar-refractivity contribution in [1.29, 1.82) is 0 Å². The number of amides is 1. The Hall–Kier alpha value is -0.650. The number of nitrogens with one attached hydrogen (secondary N) is 2. The molecule has 5 heteroatoms. The number of ether oxygens (including phenoxy) is 1. The van der Waals surface area contributed by atoms with Gasteiger partial charge in [0.1, 0.15) is 0 Å². The van der Waals surface area contributed by atoms with E-state index in [1.807, 2.05) is 0 Å². The zero-order chi connectivity index (χ0) is 10.9. The third-order valence-corrected chi connectivity index (χ3v) is 2.15. The van der Waals surface area contributed by atoms with Gasteiger partial charge in [-0.1, -0.05) is 0 Å². The minimum absolute atomic E-state index is 0.0454. The van der Waals surface area contributed by atoms with Crippen molar-refractivity contribution < 1.29 is 14.6 Å². The van der Waals surface area contributed by atoms with Gasteiger partial charge in [-0.3, -0.25) is 4.79 Å². The monoisotopic (exact) mass is 216 g/mol. The molecular weight excluding hydrogens is 196 g/mol. The van der Waals surface area contributed by atoms with Crippen molar-refractivity contribution >= 4 is 5.91 Å². The highest BCUT2D eigenvalue weighted by Gasteiger charge is 2.20. The molecule has 0 aromatic heterocycles. The SMILES string of the molecule is O=C(CNC1CC1)NCCCOCCO. The quantitative estimate of drug-likeness (QED) is 0.444. The minimum atomic E-state index is 0.0454. The van der Waals surface area contributed by atoms with E-state index in [1.54, 1.807) is 0 Å². The Kier molecular flexibility index (Phi) is 6.31. The lowest BCUT2D eigenvalue weighted by atomic mass is 10.4. The van der Waals surface area contributed by atoms with E-state index in [0.29, 0.717) is 32.3 Å². The molecule has 1 amide bonds. The van der Waals surface area contributed by atoms with Gasteiger partial charge in [0.25, 0.3) is 0 Å². The number of carbonyl (C=O) groups is 1. The maximum Gasteiger partial charge on any atom is 0.233 e. The average molecular weight is 216 g/mol. The van der Waals surface area contributed by atoms with Gasteiger partial charge in [0.2, 0.25) is 5.91 Å². The molecule has 1 aliphatic carbocycles. The van der Waals surface area contributed by atoms with Gasteiger partial charge < -0.3 is 20.5 Å². The van der Waals surface area contributed by atoms with Crippen LogP contribution in [0.1, 0.15) is 19.3 Å². The van der Waals surface area contributed by atoms with Gasteiger partial charge in [-0.05, 0) is 19.3 Å². The van der Waals surface area contributed by atoms with Crippen LogP contribution in [0.4, 0.5) is 0 Å². The summed E-state index contributed by atoms with van der Waals surface area (Å²) >= 11 is 0. The third-order valence-electron chi connectivity index (χ3n) is 2.15. The van der Waals surface area contributed by atoms with Crippen molar-refractivity contribution in [3.8, 4) is 0 Å². The molecule has 0 atom stereocenters. The summed E-state index contributed by atoms with van der Waals surface area (Å²) in [6, 6.07) is 0.573. The Morgan fingerprint density at radius 1 is 1.40 bits per heavy atom. The molecule has 0 spiro atoms. The maximum absolute atomic E-state index is 11.2. The molecule has 0 unspecified atom stereocenters. The van der Waals surface area contributed by atoms with Gasteiger partial charge in [0.15, 0.2) is 0 Å². The summed E-state index contributed by atoms with van der Waals surface area (Å²) in [4.78, 5) is 11.2. The van der Waals surface area contributed by atoms with Gasteiger partial charge >= 0.3 is 0 Å². The Morgan fingerprint density at radius 3 is 2.87 bits per heavy atom. The summed E-state index contributed by atoms with van der Waals surface area (Å²) in [7, 11) is 0. The molecule has 15 heavy (non-hydrogen) atoms. The molecule has 0 saturated heterocycles. The molecular formula is C10H20N2O3. The maximum atomic E-state index is 11.2. The molecule has 1 aliphatic rings. The predicted molar refractivity (Wildman–Crippen MR) is 56.6 cm³/mol. The number of rotatable bonds is 9. The van der Waals surface area contributed by atoms with Gasteiger partial charge in [0.05, 0.1) is 19.8 Å².